The van der Waals surface area contributed by atoms with Gasteiger partial charge in [-0.1, -0.05) is 27.7 Å². The first-order valence-electron chi connectivity index (χ1n) is 7.33. The van der Waals surface area contributed by atoms with Crippen LogP contribution in [0.25, 0.3) is 0 Å². The summed E-state index contributed by atoms with van der Waals surface area (Å²) < 4.78 is 0. The summed E-state index contributed by atoms with van der Waals surface area (Å²) in [6.07, 6.45) is 5.09. The topological polar surface area (TPSA) is 28.2 Å². The third-order valence-corrected chi connectivity index (χ3v) is 4.13. The molecule has 1 aliphatic heterocycles. The third kappa shape index (κ3) is 3.27. The van der Waals surface area contributed by atoms with Gasteiger partial charge in [-0.2, -0.15) is 0 Å². The maximum atomic E-state index is 4.35. The molecule has 0 radical (unpaired) electrons. The Balaban J connectivity index is 2.23. The largest absolute Gasteiger partial charge is 0.364 e. The summed E-state index contributed by atoms with van der Waals surface area (Å²) in [5.74, 6) is 0. The van der Waals surface area contributed by atoms with Crippen LogP contribution in [0.4, 0.5) is 5.69 Å². The van der Waals surface area contributed by atoms with Gasteiger partial charge in [0.2, 0.25) is 0 Å². The van der Waals surface area contributed by atoms with Crippen LogP contribution in [-0.4, -0.2) is 30.2 Å². The molecule has 2 heterocycles. The average Bonchev–Trinajstić information content (AvgIpc) is 2.37. The predicted molar refractivity (Wildman–Crippen MR) is 81.6 cm³/mol. The van der Waals surface area contributed by atoms with Gasteiger partial charge in [0.15, 0.2) is 0 Å². The first-order valence-corrected chi connectivity index (χ1v) is 7.33. The summed E-state index contributed by atoms with van der Waals surface area (Å²) in [6, 6.07) is 3.35. The van der Waals surface area contributed by atoms with Gasteiger partial charge in [-0.25, -0.2) is 0 Å². The Kier molecular flexibility index (Phi) is 4.14. The molecule has 1 fully saturated rings. The molecular weight excluding hydrogens is 234 g/mol. The van der Waals surface area contributed by atoms with Gasteiger partial charge >= 0.3 is 0 Å². The SMILES string of the molecule is CCC1CNC(C(C)(C)C)CN1c1cncc(C)c1. The van der Waals surface area contributed by atoms with Gasteiger partial charge in [-0.3, -0.25) is 4.98 Å². The highest BCUT2D eigenvalue weighted by atomic mass is 15.2. The van der Waals surface area contributed by atoms with Crippen LogP contribution >= 0.6 is 0 Å². The highest BCUT2D eigenvalue weighted by Gasteiger charge is 2.33. The number of pyridine rings is 1. The van der Waals surface area contributed by atoms with Crippen LogP contribution in [0.2, 0.25) is 0 Å². The van der Waals surface area contributed by atoms with Crippen molar-refractivity contribution in [1.82, 2.24) is 10.3 Å². The standard InChI is InChI=1S/C16H27N3/c1-6-13-10-18-15(16(3,4)5)11-19(13)14-7-12(2)8-17-9-14/h7-9,13,15,18H,6,10-11H2,1-5H3. The van der Waals surface area contributed by atoms with Crippen molar-refractivity contribution in [3.8, 4) is 0 Å². The molecule has 106 valence electrons. The molecule has 1 N–H and O–H groups in total. The smallest absolute Gasteiger partial charge is 0.0558 e. The Morgan fingerprint density at radius 1 is 1.37 bits per heavy atom. The van der Waals surface area contributed by atoms with Gasteiger partial charge in [-0.15, -0.1) is 0 Å². The number of aromatic nitrogens is 1. The van der Waals surface area contributed by atoms with E-state index in [0.717, 1.165) is 19.5 Å². The lowest BCUT2D eigenvalue weighted by Gasteiger charge is -2.46. The second kappa shape index (κ2) is 5.49. The Morgan fingerprint density at radius 3 is 2.68 bits per heavy atom. The molecule has 0 spiro atoms. The molecule has 2 rings (SSSR count). The summed E-state index contributed by atoms with van der Waals surface area (Å²) in [5.41, 5.74) is 2.79. The maximum Gasteiger partial charge on any atom is 0.0558 e. The van der Waals surface area contributed by atoms with Crippen LogP contribution < -0.4 is 10.2 Å². The van der Waals surface area contributed by atoms with E-state index in [1.165, 1.54) is 11.3 Å². The zero-order chi connectivity index (χ0) is 14.0. The zero-order valence-electron chi connectivity index (χ0n) is 12.9. The maximum absolute atomic E-state index is 4.35. The quantitative estimate of drug-likeness (QED) is 0.887. The Labute approximate surface area is 117 Å². The zero-order valence-corrected chi connectivity index (χ0v) is 12.9. The second-order valence-corrected chi connectivity index (χ2v) is 6.76. The number of nitrogens with one attached hydrogen (secondary N) is 1. The van der Waals surface area contributed by atoms with E-state index in [1.54, 1.807) is 0 Å². The molecule has 0 saturated carbocycles. The van der Waals surface area contributed by atoms with Gasteiger partial charge < -0.3 is 10.2 Å². The van der Waals surface area contributed by atoms with E-state index in [0.29, 0.717) is 12.1 Å². The Morgan fingerprint density at radius 2 is 2.11 bits per heavy atom. The van der Waals surface area contributed by atoms with Crippen LogP contribution in [0.5, 0.6) is 0 Å². The van der Waals surface area contributed by atoms with E-state index in [9.17, 15) is 0 Å². The van der Waals surface area contributed by atoms with Crippen molar-refractivity contribution in [2.24, 2.45) is 5.41 Å². The number of anilines is 1. The van der Waals surface area contributed by atoms with Crippen LogP contribution in [0.3, 0.4) is 0 Å². The first-order chi connectivity index (χ1) is 8.91. The molecular formula is C16H27N3. The van der Waals surface area contributed by atoms with E-state index < -0.39 is 0 Å². The fourth-order valence-electron chi connectivity index (χ4n) is 2.76. The van der Waals surface area contributed by atoms with Gasteiger partial charge in [0.25, 0.3) is 0 Å². The van der Waals surface area contributed by atoms with Gasteiger partial charge in [0, 0.05) is 31.4 Å². The van der Waals surface area contributed by atoms with Crippen molar-refractivity contribution in [3.05, 3.63) is 24.0 Å². The lowest BCUT2D eigenvalue weighted by molar-refractivity contribution is 0.233. The third-order valence-electron chi connectivity index (χ3n) is 4.13. The van der Waals surface area contributed by atoms with E-state index in [4.69, 9.17) is 0 Å². The second-order valence-electron chi connectivity index (χ2n) is 6.76. The van der Waals surface area contributed by atoms with Crippen molar-refractivity contribution < 1.29 is 0 Å². The van der Waals surface area contributed by atoms with E-state index >= 15 is 0 Å². The number of aryl methyl sites for hydroxylation is 1. The number of rotatable bonds is 2. The molecule has 1 saturated heterocycles. The Hall–Kier alpha value is -1.09. The van der Waals surface area contributed by atoms with E-state index in [-0.39, 0.29) is 5.41 Å². The number of nitrogens with zero attached hydrogens (tertiary/aromatic N) is 2. The number of piperazine rings is 1. The average molecular weight is 261 g/mol. The Bertz CT molecular complexity index is 422. The van der Waals surface area contributed by atoms with Gasteiger partial charge in [0.05, 0.1) is 11.9 Å². The molecule has 0 aromatic carbocycles. The summed E-state index contributed by atoms with van der Waals surface area (Å²) >= 11 is 0. The highest BCUT2D eigenvalue weighted by Crippen LogP contribution is 2.28. The first kappa shape index (κ1) is 14.3. The summed E-state index contributed by atoms with van der Waals surface area (Å²) in [7, 11) is 0. The lowest BCUT2D eigenvalue weighted by atomic mass is 9.84. The molecule has 0 amide bonds. The molecule has 2 unspecified atom stereocenters. The molecule has 1 aliphatic rings. The highest BCUT2D eigenvalue weighted by molar-refractivity contribution is 5.48. The van der Waals surface area contributed by atoms with Crippen molar-refractivity contribution >= 4 is 5.69 Å². The predicted octanol–water partition coefficient (Wildman–Crippen LogP) is 2.99. The van der Waals surface area contributed by atoms with Crippen LogP contribution in [0, 0.1) is 12.3 Å². The number of hydrogen-bond donors (Lipinski definition) is 1. The minimum Gasteiger partial charge on any atom is -0.364 e. The van der Waals surface area contributed by atoms with Crippen LogP contribution in [-0.2, 0) is 0 Å². The van der Waals surface area contributed by atoms with Gasteiger partial charge in [-0.05, 0) is 30.4 Å². The summed E-state index contributed by atoms with van der Waals surface area (Å²) in [4.78, 5) is 6.89. The fraction of sp³-hybridized carbons (Fsp3) is 0.688. The molecule has 2 atom stereocenters. The molecule has 0 aliphatic carbocycles. The molecule has 19 heavy (non-hydrogen) atoms. The summed E-state index contributed by atoms with van der Waals surface area (Å²) in [5, 5.41) is 3.71. The molecule has 1 aromatic rings. The minimum atomic E-state index is 0.286. The van der Waals surface area contributed by atoms with Crippen molar-refractivity contribution in [1.29, 1.82) is 0 Å². The number of hydrogen-bond acceptors (Lipinski definition) is 3. The molecule has 1 aromatic heterocycles. The lowest BCUT2D eigenvalue weighted by Crippen LogP contribution is -2.60. The van der Waals surface area contributed by atoms with Crippen LogP contribution in [0.15, 0.2) is 18.5 Å². The molecule has 3 heteroatoms. The normalized spacial score (nSPS) is 24.6. The van der Waals surface area contributed by atoms with Crippen LogP contribution in [0.1, 0.15) is 39.7 Å². The van der Waals surface area contributed by atoms with Crippen molar-refractivity contribution in [3.63, 3.8) is 0 Å². The summed E-state index contributed by atoms with van der Waals surface area (Å²) in [6.45, 7) is 13.4. The molecule has 3 nitrogen and oxygen atoms in total. The monoisotopic (exact) mass is 261 g/mol. The fourth-order valence-corrected chi connectivity index (χ4v) is 2.76. The molecule has 0 bridgehead atoms. The van der Waals surface area contributed by atoms with Crippen molar-refractivity contribution in [2.45, 2.75) is 53.1 Å². The van der Waals surface area contributed by atoms with Crippen molar-refractivity contribution in [2.75, 3.05) is 18.0 Å². The minimum absolute atomic E-state index is 0.286. The van der Waals surface area contributed by atoms with E-state index in [2.05, 4.69) is 55.9 Å². The van der Waals surface area contributed by atoms with E-state index in [1.807, 2.05) is 12.4 Å². The van der Waals surface area contributed by atoms with Gasteiger partial charge in [0.1, 0.15) is 0 Å².